The van der Waals surface area contributed by atoms with Crippen LogP contribution in [0.15, 0.2) is 45.7 Å². The Morgan fingerprint density at radius 2 is 2.11 bits per heavy atom. The first kappa shape index (κ1) is 12.0. The van der Waals surface area contributed by atoms with Crippen LogP contribution in [-0.2, 0) is 7.05 Å². The lowest BCUT2D eigenvalue weighted by molar-refractivity contribution is 0.439. The van der Waals surface area contributed by atoms with E-state index in [0.717, 1.165) is 21.2 Å². The molecule has 0 aliphatic heterocycles. The molecule has 0 saturated carbocycles. The van der Waals surface area contributed by atoms with Crippen molar-refractivity contribution in [3.8, 4) is 22.4 Å². The molecular formula is C13H11BrN4O. The molecule has 0 bridgehead atoms. The summed E-state index contributed by atoms with van der Waals surface area (Å²) in [4.78, 5) is 0. The van der Waals surface area contributed by atoms with Crippen LogP contribution in [0.4, 0.5) is 5.88 Å². The molecule has 1 aromatic carbocycles. The van der Waals surface area contributed by atoms with Gasteiger partial charge in [0.15, 0.2) is 0 Å². The van der Waals surface area contributed by atoms with Gasteiger partial charge in [-0.25, -0.2) is 0 Å². The second-order valence-corrected chi connectivity index (χ2v) is 5.01. The summed E-state index contributed by atoms with van der Waals surface area (Å²) >= 11 is 3.52. The van der Waals surface area contributed by atoms with Gasteiger partial charge in [0, 0.05) is 28.8 Å². The van der Waals surface area contributed by atoms with Crippen LogP contribution < -0.4 is 5.73 Å². The van der Waals surface area contributed by atoms with E-state index in [4.69, 9.17) is 10.3 Å². The molecule has 2 N–H and O–H groups in total. The van der Waals surface area contributed by atoms with Gasteiger partial charge in [0.2, 0.25) is 5.88 Å². The Kier molecular flexibility index (Phi) is 2.87. The largest absolute Gasteiger partial charge is 0.367 e. The van der Waals surface area contributed by atoms with Gasteiger partial charge in [0.1, 0.15) is 5.69 Å². The third-order valence-electron chi connectivity index (χ3n) is 2.84. The minimum Gasteiger partial charge on any atom is -0.367 e. The van der Waals surface area contributed by atoms with Crippen LogP contribution >= 0.6 is 15.9 Å². The van der Waals surface area contributed by atoms with Gasteiger partial charge < -0.3 is 10.3 Å². The lowest BCUT2D eigenvalue weighted by atomic mass is 10.0. The van der Waals surface area contributed by atoms with Crippen LogP contribution in [0.1, 0.15) is 0 Å². The summed E-state index contributed by atoms with van der Waals surface area (Å²) in [6.07, 6.45) is 3.61. The van der Waals surface area contributed by atoms with Gasteiger partial charge in [-0.1, -0.05) is 39.3 Å². The summed E-state index contributed by atoms with van der Waals surface area (Å²) in [5.74, 6) is 0.297. The van der Waals surface area contributed by atoms with E-state index in [1.54, 1.807) is 10.9 Å². The zero-order valence-electron chi connectivity index (χ0n) is 10.2. The van der Waals surface area contributed by atoms with Gasteiger partial charge in [-0.05, 0) is 6.07 Å². The van der Waals surface area contributed by atoms with Gasteiger partial charge in [-0.2, -0.15) is 5.10 Å². The standard InChI is InChI=1S/C13H11BrN4O/c1-18-7-8(6-16-18)12-11(13(15)19-17-12)9-4-2-3-5-10(9)14/h2-7H,15H2,1H3. The van der Waals surface area contributed by atoms with Crippen molar-refractivity contribution >= 4 is 21.8 Å². The number of benzene rings is 1. The Hall–Kier alpha value is -2.08. The van der Waals surface area contributed by atoms with E-state index >= 15 is 0 Å². The molecule has 0 unspecified atom stereocenters. The zero-order chi connectivity index (χ0) is 13.4. The second-order valence-electron chi connectivity index (χ2n) is 4.15. The van der Waals surface area contributed by atoms with Crippen molar-refractivity contribution in [2.45, 2.75) is 0 Å². The molecule has 2 heterocycles. The molecule has 0 aliphatic rings. The fraction of sp³-hybridized carbons (Fsp3) is 0.0769. The predicted octanol–water partition coefficient (Wildman–Crippen LogP) is 3.09. The highest BCUT2D eigenvalue weighted by molar-refractivity contribution is 9.10. The van der Waals surface area contributed by atoms with Crippen LogP contribution in [0.25, 0.3) is 22.4 Å². The maximum absolute atomic E-state index is 5.91. The Balaban J connectivity index is 2.22. The maximum atomic E-state index is 5.91. The van der Waals surface area contributed by atoms with Gasteiger partial charge >= 0.3 is 0 Å². The number of halogens is 1. The fourth-order valence-corrected chi connectivity index (χ4v) is 2.45. The average Bonchev–Trinajstić information content (AvgIpc) is 2.96. The monoisotopic (exact) mass is 318 g/mol. The number of rotatable bonds is 2. The lowest BCUT2D eigenvalue weighted by Gasteiger charge is -2.03. The van der Waals surface area contributed by atoms with Crippen molar-refractivity contribution in [2.75, 3.05) is 5.73 Å². The van der Waals surface area contributed by atoms with Crippen molar-refractivity contribution in [1.82, 2.24) is 14.9 Å². The molecule has 0 aliphatic carbocycles. The zero-order valence-corrected chi connectivity index (χ0v) is 11.8. The highest BCUT2D eigenvalue weighted by Gasteiger charge is 2.19. The normalized spacial score (nSPS) is 10.8. The van der Waals surface area contributed by atoms with Gasteiger partial charge in [-0.3, -0.25) is 4.68 Å². The number of hydrogen-bond acceptors (Lipinski definition) is 4. The highest BCUT2D eigenvalue weighted by atomic mass is 79.9. The minimum absolute atomic E-state index is 0.297. The smallest absolute Gasteiger partial charge is 0.230 e. The van der Waals surface area contributed by atoms with E-state index in [9.17, 15) is 0 Å². The third kappa shape index (κ3) is 2.04. The molecule has 2 aromatic heterocycles. The molecule has 0 saturated heterocycles. The lowest BCUT2D eigenvalue weighted by Crippen LogP contribution is -1.88. The van der Waals surface area contributed by atoms with E-state index in [1.807, 2.05) is 37.5 Å². The van der Waals surface area contributed by atoms with Gasteiger partial charge in [-0.15, -0.1) is 0 Å². The molecule has 0 spiro atoms. The van der Waals surface area contributed by atoms with Crippen LogP contribution in [0.5, 0.6) is 0 Å². The molecule has 96 valence electrons. The van der Waals surface area contributed by atoms with Gasteiger partial charge in [0.25, 0.3) is 0 Å². The first-order valence-electron chi connectivity index (χ1n) is 5.66. The van der Waals surface area contributed by atoms with Crippen LogP contribution in [0.3, 0.4) is 0 Å². The van der Waals surface area contributed by atoms with Crippen molar-refractivity contribution in [1.29, 1.82) is 0 Å². The first-order chi connectivity index (χ1) is 9.16. The molecule has 19 heavy (non-hydrogen) atoms. The first-order valence-corrected chi connectivity index (χ1v) is 6.45. The van der Waals surface area contributed by atoms with Gasteiger partial charge in [0.05, 0.1) is 11.8 Å². The predicted molar refractivity (Wildman–Crippen MR) is 76.3 cm³/mol. The average molecular weight is 319 g/mol. The Labute approximate surface area is 118 Å². The topological polar surface area (TPSA) is 69.9 Å². The molecular weight excluding hydrogens is 308 g/mol. The summed E-state index contributed by atoms with van der Waals surface area (Å²) in [7, 11) is 1.85. The summed E-state index contributed by atoms with van der Waals surface area (Å²) in [5, 5.41) is 8.18. The van der Waals surface area contributed by atoms with E-state index in [1.165, 1.54) is 0 Å². The molecule has 5 nitrogen and oxygen atoms in total. The Morgan fingerprint density at radius 1 is 1.32 bits per heavy atom. The van der Waals surface area contributed by atoms with E-state index in [2.05, 4.69) is 26.2 Å². The number of aromatic nitrogens is 3. The summed E-state index contributed by atoms with van der Waals surface area (Å²) in [6, 6.07) is 7.81. The SMILES string of the molecule is Cn1cc(-c2noc(N)c2-c2ccccc2Br)cn1. The maximum Gasteiger partial charge on any atom is 0.230 e. The summed E-state index contributed by atoms with van der Waals surface area (Å²) in [5.41, 5.74) is 9.19. The van der Waals surface area contributed by atoms with Crippen LogP contribution in [-0.4, -0.2) is 14.9 Å². The second kappa shape index (κ2) is 4.55. The van der Waals surface area contributed by atoms with Crippen LogP contribution in [0, 0.1) is 0 Å². The minimum atomic E-state index is 0.297. The van der Waals surface area contributed by atoms with Crippen molar-refractivity contribution in [3.05, 3.63) is 41.1 Å². The molecule has 0 atom stereocenters. The molecule has 6 heteroatoms. The van der Waals surface area contributed by atoms with E-state index in [0.29, 0.717) is 11.6 Å². The number of anilines is 1. The van der Waals surface area contributed by atoms with E-state index < -0.39 is 0 Å². The number of nitrogen functional groups attached to an aromatic ring is 1. The van der Waals surface area contributed by atoms with Crippen molar-refractivity contribution in [2.24, 2.45) is 7.05 Å². The number of aryl methyl sites for hydroxylation is 1. The van der Waals surface area contributed by atoms with Crippen molar-refractivity contribution < 1.29 is 4.52 Å². The van der Waals surface area contributed by atoms with Crippen LogP contribution in [0.2, 0.25) is 0 Å². The number of hydrogen-bond donors (Lipinski definition) is 1. The molecule has 0 radical (unpaired) electrons. The van der Waals surface area contributed by atoms with E-state index in [-0.39, 0.29) is 0 Å². The summed E-state index contributed by atoms with van der Waals surface area (Å²) < 4.78 is 7.79. The molecule has 3 aromatic rings. The molecule has 0 fully saturated rings. The van der Waals surface area contributed by atoms with Crippen molar-refractivity contribution in [3.63, 3.8) is 0 Å². The Bertz CT molecular complexity index is 732. The molecule has 3 rings (SSSR count). The summed E-state index contributed by atoms with van der Waals surface area (Å²) in [6.45, 7) is 0. The molecule has 0 amide bonds. The third-order valence-corrected chi connectivity index (χ3v) is 3.53. The number of nitrogens with zero attached hydrogens (tertiary/aromatic N) is 3. The fourth-order valence-electron chi connectivity index (χ4n) is 1.97. The quantitative estimate of drug-likeness (QED) is 0.788. The Morgan fingerprint density at radius 3 is 2.79 bits per heavy atom. The number of nitrogens with two attached hydrogens (primary N) is 1. The highest BCUT2D eigenvalue weighted by Crippen LogP contribution is 2.39.